The lowest BCUT2D eigenvalue weighted by Gasteiger charge is -2.50. The Balaban J connectivity index is 1.83. The summed E-state index contributed by atoms with van der Waals surface area (Å²) < 4.78 is 17.0. The van der Waals surface area contributed by atoms with Gasteiger partial charge >= 0.3 is 6.03 Å². The van der Waals surface area contributed by atoms with Crippen molar-refractivity contribution >= 4 is 34.9 Å². The van der Waals surface area contributed by atoms with E-state index in [-0.39, 0.29) is 12.1 Å². The lowest BCUT2D eigenvalue weighted by molar-refractivity contribution is 0.0375. The minimum absolute atomic E-state index is 0.194. The van der Waals surface area contributed by atoms with Crippen LogP contribution in [-0.2, 0) is 0 Å². The van der Waals surface area contributed by atoms with Gasteiger partial charge in [0, 0.05) is 23.1 Å². The number of nitrogens with one attached hydrogen (secondary N) is 1. The molecule has 2 bridgehead atoms. The van der Waals surface area contributed by atoms with E-state index in [0.717, 1.165) is 5.56 Å². The first-order chi connectivity index (χ1) is 12.9. The molecule has 0 unspecified atom stereocenters. The molecule has 142 valence electrons. The molecular weight excluding hydrogens is 391 g/mol. The van der Waals surface area contributed by atoms with Crippen molar-refractivity contribution in [2.45, 2.75) is 25.1 Å². The molecule has 0 radical (unpaired) electrons. The van der Waals surface area contributed by atoms with Crippen molar-refractivity contribution < 1.29 is 19.0 Å². The van der Waals surface area contributed by atoms with Crippen molar-refractivity contribution in [1.82, 2.24) is 5.32 Å². The summed E-state index contributed by atoms with van der Waals surface area (Å²) in [5, 5.41) is 3.99. The molecule has 2 aliphatic rings. The SMILES string of the molecule is COc1cc(OC)c(N2C(=O)N[C@@H]3C[C@@]2(C)Oc2ccc(Cl)cc23)cc1Cl. The molecule has 0 aromatic heterocycles. The van der Waals surface area contributed by atoms with Crippen LogP contribution < -0.4 is 24.4 Å². The zero-order valence-corrected chi connectivity index (χ0v) is 16.5. The number of rotatable bonds is 3. The molecule has 1 saturated heterocycles. The first kappa shape index (κ1) is 18.1. The summed E-state index contributed by atoms with van der Waals surface area (Å²) in [5.41, 5.74) is 0.450. The van der Waals surface area contributed by atoms with Gasteiger partial charge in [-0.05, 0) is 31.2 Å². The first-order valence-corrected chi connectivity index (χ1v) is 9.12. The fourth-order valence-electron chi connectivity index (χ4n) is 3.73. The van der Waals surface area contributed by atoms with E-state index >= 15 is 0 Å². The van der Waals surface area contributed by atoms with E-state index in [1.807, 2.05) is 19.1 Å². The number of fused-ring (bicyclic) bond motifs is 4. The standard InChI is InChI=1S/C19H18Cl2N2O4/c1-19-9-13(11-6-10(20)4-5-15(11)27-19)22-18(24)23(19)14-7-12(21)16(25-2)8-17(14)26-3/h4-8,13H,9H2,1-3H3,(H,22,24)/t13-,19-/m1/s1. The van der Waals surface area contributed by atoms with Crippen LogP contribution in [0.2, 0.25) is 10.0 Å². The summed E-state index contributed by atoms with van der Waals surface area (Å²) >= 11 is 12.4. The third-order valence-corrected chi connectivity index (χ3v) is 5.46. The maximum Gasteiger partial charge on any atom is 0.325 e. The Morgan fingerprint density at radius 3 is 2.63 bits per heavy atom. The topological polar surface area (TPSA) is 60.0 Å². The van der Waals surface area contributed by atoms with Crippen LogP contribution in [0.4, 0.5) is 10.5 Å². The predicted molar refractivity (Wildman–Crippen MR) is 103 cm³/mol. The number of carbonyl (C=O) groups excluding carboxylic acids is 1. The summed E-state index contributed by atoms with van der Waals surface area (Å²) in [6.07, 6.45) is 0.541. The van der Waals surface area contributed by atoms with Crippen molar-refractivity contribution in [1.29, 1.82) is 0 Å². The molecule has 2 heterocycles. The summed E-state index contributed by atoms with van der Waals surface area (Å²) in [6.45, 7) is 1.87. The number of nitrogens with zero attached hydrogens (tertiary/aromatic N) is 1. The number of carbonyl (C=O) groups is 1. The van der Waals surface area contributed by atoms with Crippen LogP contribution in [0.1, 0.15) is 24.9 Å². The maximum absolute atomic E-state index is 13.0. The Hall–Kier alpha value is -2.31. The number of hydrogen-bond acceptors (Lipinski definition) is 4. The number of anilines is 1. The maximum atomic E-state index is 13.0. The van der Waals surface area contributed by atoms with E-state index < -0.39 is 5.72 Å². The highest BCUT2D eigenvalue weighted by molar-refractivity contribution is 6.32. The average molecular weight is 409 g/mol. The van der Waals surface area contributed by atoms with Gasteiger partial charge in [0.05, 0.1) is 31.0 Å². The Labute approximate surface area is 166 Å². The Morgan fingerprint density at radius 1 is 1.19 bits per heavy atom. The van der Waals surface area contributed by atoms with Gasteiger partial charge in [0.15, 0.2) is 5.72 Å². The van der Waals surface area contributed by atoms with Gasteiger partial charge in [0.2, 0.25) is 0 Å². The third-order valence-electron chi connectivity index (χ3n) is 4.93. The largest absolute Gasteiger partial charge is 0.495 e. The fourth-order valence-corrected chi connectivity index (χ4v) is 4.14. The van der Waals surface area contributed by atoms with E-state index in [1.54, 1.807) is 18.2 Å². The predicted octanol–water partition coefficient (Wildman–Crippen LogP) is 4.78. The molecule has 6 nitrogen and oxygen atoms in total. The lowest BCUT2D eigenvalue weighted by atomic mass is 9.90. The molecule has 0 saturated carbocycles. The van der Waals surface area contributed by atoms with Gasteiger partial charge < -0.3 is 19.5 Å². The van der Waals surface area contributed by atoms with Crippen molar-refractivity contribution in [2.75, 3.05) is 19.1 Å². The number of amides is 2. The van der Waals surface area contributed by atoms with Gasteiger partial charge in [0.1, 0.15) is 17.2 Å². The normalized spacial score (nSPS) is 23.2. The Kier molecular flexibility index (Phi) is 4.28. The molecular formula is C19H18Cl2N2O4. The molecule has 2 atom stereocenters. The van der Waals surface area contributed by atoms with Gasteiger partial charge in [-0.3, -0.25) is 4.90 Å². The number of ether oxygens (including phenoxy) is 3. The molecule has 0 aliphatic carbocycles. The van der Waals surface area contributed by atoms with E-state index in [0.29, 0.717) is 39.4 Å². The highest BCUT2D eigenvalue weighted by Crippen LogP contribution is 2.49. The lowest BCUT2D eigenvalue weighted by Crippen LogP contribution is -2.65. The quantitative estimate of drug-likeness (QED) is 0.793. The smallest absolute Gasteiger partial charge is 0.325 e. The van der Waals surface area contributed by atoms with Crippen LogP contribution in [-0.4, -0.2) is 26.0 Å². The Bertz CT molecular complexity index is 936. The van der Waals surface area contributed by atoms with Crippen molar-refractivity contribution in [3.63, 3.8) is 0 Å². The molecule has 8 heteroatoms. The number of urea groups is 1. The van der Waals surface area contributed by atoms with E-state index in [4.69, 9.17) is 37.4 Å². The molecule has 1 N–H and O–H groups in total. The number of hydrogen-bond donors (Lipinski definition) is 1. The fraction of sp³-hybridized carbons (Fsp3) is 0.316. The van der Waals surface area contributed by atoms with Gasteiger partial charge in [-0.1, -0.05) is 23.2 Å². The van der Waals surface area contributed by atoms with Crippen LogP contribution in [0.25, 0.3) is 0 Å². The highest BCUT2D eigenvalue weighted by atomic mass is 35.5. The van der Waals surface area contributed by atoms with Gasteiger partial charge in [-0.2, -0.15) is 0 Å². The van der Waals surface area contributed by atoms with Crippen molar-refractivity contribution in [3.8, 4) is 17.2 Å². The number of methoxy groups -OCH3 is 2. The molecule has 2 aliphatic heterocycles. The number of halogens is 2. The van der Waals surface area contributed by atoms with E-state index in [9.17, 15) is 4.79 Å². The summed E-state index contributed by atoms with van der Waals surface area (Å²) in [6, 6.07) is 8.20. The van der Waals surface area contributed by atoms with Crippen LogP contribution in [0, 0.1) is 0 Å². The molecule has 2 aromatic carbocycles. The van der Waals surface area contributed by atoms with Gasteiger partial charge in [0.25, 0.3) is 0 Å². The molecule has 1 fully saturated rings. The van der Waals surface area contributed by atoms with E-state index in [2.05, 4.69) is 5.32 Å². The summed E-state index contributed by atoms with van der Waals surface area (Å²) in [4.78, 5) is 14.5. The second-order valence-electron chi connectivity index (χ2n) is 6.66. The van der Waals surface area contributed by atoms with Crippen LogP contribution in [0.5, 0.6) is 17.2 Å². The second-order valence-corrected chi connectivity index (χ2v) is 7.50. The summed E-state index contributed by atoms with van der Waals surface area (Å²) in [7, 11) is 3.05. The monoisotopic (exact) mass is 408 g/mol. The van der Waals surface area contributed by atoms with Crippen LogP contribution >= 0.6 is 23.2 Å². The molecule has 0 spiro atoms. The van der Waals surface area contributed by atoms with Crippen LogP contribution in [0.15, 0.2) is 30.3 Å². The molecule has 4 rings (SSSR count). The minimum atomic E-state index is -0.918. The Morgan fingerprint density at radius 2 is 1.93 bits per heavy atom. The van der Waals surface area contributed by atoms with Crippen molar-refractivity contribution in [3.05, 3.63) is 45.9 Å². The highest BCUT2D eigenvalue weighted by Gasteiger charge is 2.50. The molecule has 2 amide bonds. The van der Waals surface area contributed by atoms with Crippen molar-refractivity contribution in [2.24, 2.45) is 0 Å². The van der Waals surface area contributed by atoms with Crippen LogP contribution in [0.3, 0.4) is 0 Å². The first-order valence-electron chi connectivity index (χ1n) is 8.37. The molecule has 27 heavy (non-hydrogen) atoms. The van der Waals surface area contributed by atoms with Gasteiger partial charge in [-0.25, -0.2) is 4.79 Å². The van der Waals surface area contributed by atoms with E-state index in [1.165, 1.54) is 19.1 Å². The zero-order chi connectivity index (χ0) is 19.3. The zero-order valence-electron chi connectivity index (χ0n) is 15.0. The third kappa shape index (κ3) is 2.84. The van der Waals surface area contributed by atoms with Gasteiger partial charge in [-0.15, -0.1) is 0 Å². The molecule has 2 aromatic rings. The second kappa shape index (κ2) is 6.39. The number of benzene rings is 2. The minimum Gasteiger partial charge on any atom is -0.495 e. The average Bonchev–Trinajstić information content (AvgIpc) is 2.62. The summed E-state index contributed by atoms with van der Waals surface area (Å²) in [5.74, 6) is 1.60.